The van der Waals surface area contributed by atoms with Gasteiger partial charge in [0.1, 0.15) is 5.60 Å². The average molecular weight is 331 g/mol. The molecule has 0 spiro atoms. The second kappa shape index (κ2) is 5.19. The molecule has 2 atom stereocenters. The van der Waals surface area contributed by atoms with Gasteiger partial charge >= 0.3 is 0 Å². The Morgan fingerprint density at radius 1 is 1.58 bits per heavy atom. The minimum absolute atomic E-state index is 0.157. The molecular formula is C14H23BrN2O2. The van der Waals surface area contributed by atoms with Crippen LogP contribution in [0.1, 0.15) is 39.3 Å². The highest BCUT2D eigenvalue weighted by molar-refractivity contribution is 9.10. The van der Waals surface area contributed by atoms with E-state index in [0.717, 1.165) is 23.0 Å². The first kappa shape index (κ1) is 15.0. The number of hydrogen-bond donors (Lipinski definition) is 1. The lowest BCUT2D eigenvalue weighted by atomic mass is 9.87. The lowest BCUT2D eigenvalue weighted by Gasteiger charge is -2.30. The van der Waals surface area contributed by atoms with Gasteiger partial charge in [-0.15, -0.1) is 0 Å². The van der Waals surface area contributed by atoms with Gasteiger partial charge < -0.3 is 9.84 Å². The van der Waals surface area contributed by atoms with Crippen molar-refractivity contribution >= 4 is 15.9 Å². The Morgan fingerprint density at radius 3 is 2.79 bits per heavy atom. The highest BCUT2D eigenvalue weighted by Gasteiger charge is 2.51. The van der Waals surface area contributed by atoms with Crippen molar-refractivity contribution in [2.75, 3.05) is 13.7 Å². The first-order chi connectivity index (χ1) is 8.80. The van der Waals surface area contributed by atoms with Crippen LogP contribution in [-0.4, -0.2) is 28.6 Å². The highest BCUT2D eigenvalue weighted by Crippen LogP contribution is 2.53. The van der Waals surface area contributed by atoms with Crippen molar-refractivity contribution in [3.05, 3.63) is 16.4 Å². The molecular weight excluding hydrogens is 308 g/mol. The second-order valence-electron chi connectivity index (χ2n) is 6.43. The monoisotopic (exact) mass is 330 g/mol. The summed E-state index contributed by atoms with van der Waals surface area (Å²) in [7, 11) is 1.67. The molecule has 0 aliphatic heterocycles. The maximum absolute atomic E-state index is 11.2. The third kappa shape index (κ3) is 2.73. The van der Waals surface area contributed by atoms with E-state index in [1.807, 2.05) is 4.68 Å². The molecule has 4 nitrogen and oxygen atoms in total. The molecule has 1 aromatic heterocycles. The molecule has 1 aliphatic carbocycles. The molecule has 0 bridgehead atoms. The molecule has 19 heavy (non-hydrogen) atoms. The van der Waals surface area contributed by atoms with Crippen LogP contribution in [0, 0.1) is 11.3 Å². The van der Waals surface area contributed by atoms with Gasteiger partial charge in [0.15, 0.2) is 0 Å². The van der Waals surface area contributed by atoms with Gasteiger partial charge in [0.25, 0.3) is 0 Å². The second-order valence-corrected chi connectivity index (χ2v) is 7.28. The summed E-state index contributed by atoms with van der Waals surface area (Å²) in [5.41, 5.74) is 0.235. The molecule has 1 aromatic rings. The van der Waals surface area contributed by atoms with Crippen molar-refractivity contribution < 1.29 is 9.84 Å². The molecule has 108 valence electrons. The fourth-order valence-corrected chi connectivity index (χ4v) is 4.07. The summed E-state index contributed by atoms with van der Waals surface area (Å²) in [4.78, 5) is 0. The Balaban J connectivity index is 2.38. The number of aromatic nitrogens is 2. The zero-order valence-electron chi connectivity index (χ0n) is 12.1. The van der Waals surface area contributed by atoms with E-state index in [1.54, 1.807) is 13.3 Å². The number of halogens is 1. The van der Waals surface area contributed by atoms with E-state index >= 15 is 0 Å². The molecule has 0 amide bonds. The third-order valence-corrected chi connectivity index (χ3v) is 4.71. The van der Waals surface area contributed by atoms with Gasteiger partial charge in [0, 0.05) is 7.11 Å². The lowest BCUT2D eigenvalue weighted by molar-refractivity contribution is -0.0109. The summed E-state index contributed by atoms with van der Waals surface area (Å²) in [6, 6.07) is 0. The van der Waals surface area contributed by atoms with Crippen LogP contribution < -0.4 is 0 Å². The van der Waals surface area contributed by atoms with Crippen LogP contribution in [0.15, 0.2) is 10.7 Å². The highest BCUT2D eigenvalue weighted by atomic mass is 79.9. The Kier molecular flexibility index (Phi) is 4.10. The number of aliphatic hydroxyl groups is 1. The molecule has 1 saturated carbocycles. The molecule has 1 N–H and O–H groups in total. The van der Waals surface area contributed by atoms with Gasteiger partial charge in [-0.25, -0.2) is 0 Å². The van der Waals surface area contributed by atoms with Crippen molar-refractivity contribution in [1.29, 1.82) is 0 Å². The van der Waals surface area contributed by atoms with Crippen molar-refractivity contribution in [3.63, 3.8) is 0 Å². The maximum atomic E-state index is 11.2. The first-order valence-electron chi connectivity index (χ1n) is 6.73. The predicted molar refractivity (Wildman–Crippen MR) is 77.9 cm³/mol. The minimum atomic E-state index is -0.813. The molecule has 0 radical (unpaired) electrons. The first-order valence-corrected chi connectivity index (χ1v) is 7.52. The minimum Gasteiger partial charge on any atom is -0.383 e. The Hall–Kier alpha value is -0.390. The molecule has 0 aromatic carbocycles. The summed E-state index contributed by atoms with van der Waals surface area (Å²) in [6.45, 7) is 7.80. The maximum Gasteiger partial charge on any atom is 0.110 e. The third-order valence-electron chi connectivity index (χ3n) is 4.13. The van der Waals surface area contributed by atoms with E-state index in [4.69, 9.17) is 4.74 Å². The normalized spacial score (nSPS) is 29.9. The fraction of sp³-hybridized carbons (Fsp3) is 0.786. The topological polar surface area (TPSA) is 47.3 Å². The van der Waals surface area contributed by atoms with E-state index in [0.29, 0.717) is 13.2 Å². The van der Waals surface area contributed by atoms with E-state index in [-0.39, 0.29) is 11.3 Å². The van der Waals surface area contributed by atoms with Crippen LogP contribution in [-0.2, 0) is 16.9 Å². The predicted octanol–water partition coefficient (Wildman–Crippen LogP) is 2.94. The van der Waals surface area contributed by atoms with E-state index in [9.17, 15) is 5.11 Å². The van der Waals surface area contributed by atoms with Crippen LogP contribution in [0.5, 0.6) is 0 Å². The number of rotatable bonds is 4. The average Bonchev–Trinajstić information content (AvgIpc) is 2.75. The van der Waals surface area contributed by atoms with Crippen molar-refractivity contribution in [1.82, 2.24) is 9.78 Å². The zero-order chi connectivity index (χ0) is 14.3. The quantitative estimate of drug-likeness (QED) is 0.923. The number of nitrogens with zero attached hydrogens (tertiary/aromatic N) is 2. The van der Waals surface area contributed by atoms with Gasteiger partial charge in [-0.2, -0.15) is 5.10 Å². The van der Waals surface area contributed by atoms with Crippen LogP contribution >= 0.6 is 15.9 Å². The Labute approximate surface area is 123 Å². The fourth-order valence-electron chi connectivity index (χ4n) is 3.43. The molecule has 1 aliphatic rings. The van der Waals surface area contributed by atoms with E-state index in [1.165, 1.54) is 0 Å². The van der Waals surface area contributed by atoms with Crippen molar-refractivity contribution in [2.45, 2.75) is 45.8 Å². The summed E-state index contributed by atoms with van der Waals surface area (Å²) < 4.78 is 7.87. The Bertz CT molecular complexity index is 458. The largest absolute Gasteiger partial charge is 0.383 e. The van der Waals surface area contributed by atoms with Crippen LogP contribution in [0.2, 0.25) is 0 Å². The SMILES string of the molecule is COCCn1ncc(Br)c1C1(O)CC(C)(C)CC1C. The number of ether oxygens (including phenoxy) is 1. The Morgan fingerprint density at radius 2 is 2.26 bits per heavy atom. The van der Waals surface area contributed by atoms with Gasteiger partial charge in [-0.05, 0) is 40.1 Å². The zero-order valence-corrected chi connectivity index (χ0v) is 13.7. The molecule has 2 unspecified atom stereocenters. The molecule has 5 heteroatoms. The summed E-state index contributed by atoms with van der Waals surface area (Å²) in [6.07, 6.45) is 3.55. The van der Waals surface area contributed by atoms with Crippen LogP contribution in [0.25, 0.3) is 0 Å². The van der Waals surface area contributed by atoms with Gasteiger partial charge in [0.05, 0.1) is 29.5 Å². The number of methoxy groups -OCH3 is 1. The summed E-state index contributed by atoms with van der Waals surface area (Å²) in [5, 5.41) is 15.5. The smallest absolute Gasteiger partial charge is 0.110 e. The molecule has 1 heterocycles. The summed E-state index contributed by atoms with van der Waals surface area (Å²) in [5.74, 6) is 0.219. The van der Waals surface area contributed by atoms with E-state index in [2.05, 4.69) is 41.8 Å². The van der Waals surface area contributed by atoms with Gasteiger partial charge in [-0.1, -0.05) is 20.8 Å². The molecule has 2 rings (SSSR count). The van der Waals surface area contributed by atoms with Gasteiger partial charge in [0.2, 0.25) is 0 Å². The van der Waals surface area contributed by atoms with Crippen LogP contribution in [0.3, 0.4) is 0 Å². The van der Waals surface area contributed by atoms with Crippen molar-refractivity contribution in [3.8, 4) is 0 Å². The standard InChI is InChI=1S/C14H23BrN2O2/c1-10-7-13(2,3)9-14(10,18)12-11(15)8-16-17(12)5-6-19-4/h8,10,18H,5-7,9H2,1-4H3. The molecule has 0 saturated heterocycles. The number of hydrogen-bond acceptors (Lipinski definition) is 3. The summed E-state index contributed by atoms with van der Waals surface area (Å²) >= 11 is 3.54. The van der Waals surface area contributed by atoms with Gasteiger partial charge in [-0.3, -0.25) is 4.68 Å². The van der Waals surface area contributed by atoms with Crippen LogP contribution in [0.4, 0.5) is 0 Å². The van der Waals surface area contributed by atoms with Crippen molar-refractivity contribution in [2.24, 2.45) is 11.3 Å². The molecule has 1 fully saturated rings. The lowest BCUT2D eigenvalue weighted by Crippen LogP contribution is -2.33. The van der Waals surface area contributed by atoms with E-state index < -0.39 is 5.60 Å².